The molecule has 0 fully saturated rings. The number of nitrogens with one attached hydrogen (secondary N) is 1. The SMILES string of the molecule is Cn1nccc1CNC(=O)c1ccc(C#N)cn1. The lowest BCUT2D eigenvalue weighted by Gasteiger charge is -2.04. The van der Waals surface area contributed by atoms with Crippen molar-refractivity contribution in [3.05, 3.63) is 47.5 Å². The molecule has 18 heavy (non-hydrogen) atoms. The Kier molecular flexibility index (Phi) is 3.34. The fourth-order valence-electron chi connectivity index (χ4n) is 1.43. The van der Waals surface area contributed by atoms with E-state index in [0.717, 1.165) is 5.69 Å². The van der Waals surface area contributed by atoms with Crippen LogP contribution < -0.4 is 5.32 Å². The minimum absolute atomic E-state index is 0.277. The summed E-state index contributed by atoms with van der Waals surface area (Å²) in [5.41, 5.74) is 1.62. The Morgan fingerprint density at radius 3 is 2.89 bits per heavy atom. The third-order valence-electron chi connectivity index (χ3n) is 2.48. The second-order valence-electron chi connectivity index (χ2n) is 3.67. The average molecular weight is 241 g/mol. The smallest absolute Gasteiger partial charge is 0.270 e. The zero-order valence-electron chi connectivity index (χ0n) is 9.79. The average Bonchev–Trinajstić information content (AvgIpc) is 2.81. The van der Waals surface area contributed by atoms with Gasteiger partial charge in [-0.15, -0.1) is 0 Å². The molecule has 1 N–H and O–H groups in total. The maximum absolute atomic E-state index is 11.8. The Hall–Kier alpha value is -2.68. The summed E-state index contributed by atoms with van der Waals surface area (Å²) in [4.78, 5) is 15.7. The molecule has 0 aromatic carbocycles. The van der Waals surface area contributed by atoms with Crippen LogP contribution in [-0.4, -0.2) is 20.7 Å². The van der Waals surface area contributed by atoms with Crippen LogP contribution in [0.4, 0.5) is 0 Å². The van der Waals surface area contributed by atoms with Crippen molar-refractivity contribution in [2.45, 2.75) is 6.54 Å². The number of hydrogen-bond donors (Lipinski definition) is 1. The third kappa shape index (κ3) is 2.52. The Morgan fingerprint density at radius 2 is 2.33 bits per heavy atom. The number of pyridine rings is 1. The Balaban J connectivity index is 2.00. The van der Waals surface area contributed by atoms with E-state index in [0.29, 0.717) is 12.1 Å². The van der Waals surface area contributed by atoms with Crippen LogP contribution in [0.1, 0.15) is 21.7 Å². The van der Waals surface area contributed by atoms with Crippen LogP contribution >= 0.6 is 0 Å². The molecule has 6 nitrogen and oxygen atoms in total. The molecule has 2 heterocycles. The van der Waals surface area contributed by atoms with Gasteiger partial charge in [0.15, 0.2) is 0 Å². The molecular formula is C12H11N5O. The van der Waals surface area contributed by atoms with Crippen LogP contribution in [0, 0.1) is 11.3 Å². The lowest BCUT2D eigenvalue weighted by molar-refractivity contribution is 0.0945. The molecule has 0 saturated carbocycles. The van der Waals surface area contributed by atoms with Gasteiger partial charge in [-0.05, 0) is 18.2 Å². The third-order valence-corrected chi connectivity index (χ3v) is 2.48. The van der Waals surface area contributed by atoms with Gasteiger partial charge in [0, 0.05) is 19.4 Å². The minimum atomic E-state index is -0.277. The number of hydrogen-bond acceptors (Lipinski definition) is 4. The van der Waals surface area contributed by atoms with Gasteiger partial charge < -0.3 is 5.32 Å². The van der Waals surface area contributed by atoms with Crippen LogP contribution in [0.15, 0.2) is 30.6 Å². The lowest BCUT2D eigenvalue weighted by Crippen LogP contribution is -2.24. The van der Waals surface area contributed by atoms with E-state index >= 15 is 0 Å². The molecule has 6 heteroatoms. The normalized spacial score (nSPS) is 9.78. The summed E-state index contributed by atoms with van der Waals surface area (Å²) in [5, 5.41) is 15.4. The van der Waals surface area contributed by atoms with Crippen LogP contribution in [0.25, 0.3) is 0 Å². The van der Waals surface area contributed by atoms with Crippen molar-refractivity contribution in [3.8, 4) is 6.07 Å². The molecule has 0 spiro atoms. The largest absolute Gasteiger partial charge is 0.345 e. The highest BCUT2D eigenvalue weighted by molar-refractivity contribution is 5.92. The first-order valence-corrected chi connectivity index (χ1v) is 5.32. The lowest BCUT2D eigenvalue weighted by atomic mass is 10.2. The van der Waals surface area contributed by atoms with E-state index in [2.05, 4.69) is 15.4 Å². The number of nitrogens with zero attached hydrogens (tertiary/aromatic N) is 4. The number of amides is 1. The van der Waals surface area contributed by atoms with Crippen molar-refractivity contribution < 1.29 is 4.79 Å². The highest BCUT2D eigenvalue weighted by atomic mass is 16.1. The van der Waals surface area contributed by atoms with Crippen LogP contribution in [0.3, 0.4) is 0 Å². The minimum Gasteiger partial charge on any atom is -0.345 e. The highest BCUT2D eigenvalue weighted by Gasteiger charge is 2.07. The number of aryl methyl sites for hydroxylation is 1. The van der Waals surface area contributed by atoms with Crippen molar-refractivity contribution in [2.75, 3.05) is 0 Å². The van der Waals surface area contributed by atoms with Gasteiger partial charge in [0.1, 0.15) is 11.8 Å². The predicted molar refractivity (Wildman–Crippen MR) is 63.3 cm³/mol. The fraction of sp³-hybridized carbons (Fsp3) is 0.167. The summed E-state index contributed by atoms with van der Waals surface area (Å²) in [6.07, 6.45) is 3.04. The standard InChI is InChI=1S/C12H11N5O/c1-17-10(4-5-16-17)8-15-12(18)11-3-2-9(6-13)7-14-11/h2-5,7H,8H2,1H3,(H,15,18). The molecule has 2 aromatic heterocycles. The zero-order valence-corrected chi connectivity index (χ0v) is 9.79. The summed E-state index contributed by atoms with van der Waals surface area (Å²) in [5.74, 6) is -0.277. The Bertz CT molecular complexity index is 594. The van der Waals surface area contributed by atoms with E-state index < -0.39 is 0 Å². The molecule has 1 amide bonds. The molecule has 0 unspecified atom stereocenters. The number of rotatable bonds is 3. The number of carbonyl (C=O) groups is 1. The first kappa shape index (κ1) is 11.8. The predicted octanol–water partition coefficient (Wildman–Crippen LogP) is 0.617. The van der Waals surface area contributed by atoms with E-state index in [4.69, 9.17) is 5.26 Å². The van der Waals surface area contributed by atoms with E-state index in [9.17, 15) is 4.79 Å². The Morgan fingerprint density at radius 1 is 1.50 bits per heavy atom. The van der Waals surface area contributed by atoms with Crippen LogP contribution in [0.5, 0.6) is 0 Å². The molecule has 0 aliphatic carbocycles. The maximum Gasteiger partial charge on any atom is 0.270 e. The molecule has 0 bridgehead atoms. The molecule has 0 atom stereocenters. The summed E-state index contributed by atoms with van der Waals surface area (Å²) in [6, 6.07) is 6.86. The van der Waals surface area contributed by atoms with Crippen molar-refractivity contribution in [3.63, 3.8) is 0 Å². The van der Waals surface area contributed by atoms with Gasteiger partial charge in [-0.1, -0.05) is 0 Å². The van der Waals surface area contributed by atoms with E-state index in [1.54, 1.807) is 24.0 Å². The summed E-state index contributed by atoms with van der Waals surface area (Å²) in [6.45, 7) is 0.386. The van der Waals surface area contributed by atoms with Gasteiger partial charge in [-0.2, -0.15) is 10.4 Å². The van der Waals surface area contributed by atoms with Crippen molar-refractivity contribution >= 4 is 5.91 Å². The van der Waals surface area contributed by atoms with Crippen molar-refractivity contribution in [1.29, 1.82) is 5.26 Å². The summed E-state index contributed by atoms with van der Waals surface area (Å²) < 4.78 is 1.69. The molecule has 0 aliphatic rings. The maximum atomic E-state index is 11.8. The van der Waals surface area contributed by atoms with E-state index in [1.165, 1.54) is 12.3 Å². The molecule has 2 rings (SSSR count). The Labute approximate surface area is 104 Å². The van der Waals surface area contributed by atoms with Gasteiger partial charge >= 0.3 is 0 Å². The first-order valence-electron chi connectivity index (χ1n) is 5.32. The van der Waals surface area contributed by atoms with Crippen LogP contribution in [-0.2, 0) is 13.6 Å². The van der Waals surface area contributed by atoms with E-state index in [1.807, 2.05) is 12.1 Å². The molecule has 0 saturated heterocycles. The molecule has 0 radical (unpaired) electrons. The quantitative estimate of drug-likeness (QED) is 0.853. The molecule has 2 aromatic rings. The van der Waals surface area contributed by atoms with Gasteiger partial charge in [0.2, 0.25) is 0 Å². The zero-order chi connectivity index (χ0) is 13.0. The molecular weight excluding hydrogens is 230 g/mol. The summed E-state index contributed by atoms with van der Waals surface area (Å²) >= 11 is 0. The second-order valence-corrected chi connectivity index (χ2v) is 3.67. The van der Waals surface area contributed by atoms with Gasteiger partial charge in [0.25, 0.3) is 5.91 Å². The monoisotopic (exact) mass is 241 g/mol. The first-order chi connectivity index (χ1) is 8.70. The van der Waals surface area contributed by atoms with Gasteiger partial charge in [-0.25, -0.2) is 4.98 Å². The summed E-state index contributed by atoms with van der Waals surface area (Å²) in [7, 11) is 1.81. The van der Waals surface area contributed by atoms with Crippen LogP contribution in [0.2, 0.25) is 0 Å². The highest BCUT2D eigenvalue weighted by Crippen LogP contribution is 2.00. The topological polar surface area (TPSA) is 83.6 Å². The van der Waals surface area contributed by atoms with Gasteiger partial charge in [0.05, 0.1) is 17.8 Å². The number of carbonyl (C=O) groups excluding carboxylic acids is 1. The molecule has 90 valence electrons. The fourth-order valence-corrected chi connectivity index (χ4v) is 1.43. The van der Waals surface area contributed by atoms with E-state index in [-0.39, 0.29) is 11.6 Å². The number of nitriles is 1. The molecule has 0 aliphatic heterocycles. The second kappa shape index (κ2) is 5.10. The van der Waals surface area contributed by atoms with Crippen molar-refractivity contribution in [1.82, 2.24) is 20.1 Å². The number of aromatic nitrogens is 3. The van der Waals surface area contributed by atoms with Gasteiger partial charge in [-0.3, -0.25) is 9.48 Å². The van der Waals surface area contributed by atoms with Crippen molar-refractivity contribution in [2.24, 2.45) is 7.05 Å².